The van der Waals surface area contributed by atoms with E-state index in [1.807, 2.05) is 78.5 Å². The van der Waals surface area contributed by atoms with Crippen molar-refractivity contribution in [2.24, 2.45) is 5.16 Å². The van der Waals surface area contributed by atoms with Crippen LogP contribution in [0.4, 0.5) is 15.3 Å². The van der Waals surface area contributed by atoms with Crippen molar-refractivity contribution >= 4 is 47.1 Å². The molecule has 3 aromatic rings. The molecule has 2 unspecified atom stereocenters. The molecular weight excluding hydrogens is 785 g/mol. The summed E-state index contributed by atoms with van der Waals surface area (Å²) in [7, 11) is 0. The number of thioether (sulfide) groups is 1. The molecule has 0 aromatic heterocycles. The average Bonchev–Trinajstić information content (AvgIpc) is 3.99. The van der Waals surface area contributed by atoms with Crippen LogP contribution in [0.25, 0.3) is 0 Å². The average molecular weight is 837 g/mol. The molecule has 14 nitrogen and oxygen atoms in total. The fourth-order valence-electron chi connectivity index (χ4n) is 7.51. The molecule has 3 aromatic carbocycles. The Hall–Kier alpha value is -5.56. The van der Waals surface area contributed by atoms with E-state index in [9.17, 15) is 19.2 Å². The molecule has 4 aliphatic rings. The van der Waals surface area contributed by atoms with Gasteiger partial charge >= 0.3 is 12.1 Å². The fraction of sp³-hybridized carbons (Fsp3) is 0.444. The van der Waals surface area contributed by atoms with Gasteiger partial charge in [-0.2, -0.15) is 11.8 Å². The summed E-state index contributed by atoms with van der Waals surface area (Å²) in [6.45, 7) is 3.36. The molecule has 15 heteroatoms. The van der Waals surface area contributed by atoms with Crippen molar-refractivity contribution in [2.75, 3.05) is 56.7 Å². The van der Waals surface area contributed by atoms with E-state index >= 15 is 0 Å². The van der Waals surface area contributed by atoms with Crippen LogP contribution in [-0.2, 0) is 30.4 Å². The van der Waals surface area contributed by atoms with Gasteiger partial charge in [-0.1, -0.05) is 71.9 Å². The van der Waals surface area contributed by atoms with Crippen LogP contribution in [0.1, 0.15) is 77.6 Å². The van der Waals surface area contributed by atoms with Gasteiger partial charge < -0.3 is 45.2 Å². The molecule has 0 bridgehead atoms. The molecule has 2 saturated heterocycles. The Bertz CT molecular complexity index is 2070. The number of rotatable bonds is 21. The number of alkyl carbamates (subject to hydrolysis) is 1. The molecule has 0 saturated carbocycles. The Morgan fingerprint density at radius 1 is 0.850 bits per heavy atom. The first-order valence-electron chi connectivity index (χ1n) is 20.8. The summed E-state index contributed by atoms with van der Waals surface area (Å²) in [6, 6.07) is 23.0. The minimum absolute atomic E-state index is 0.0602. The summed E-state index contributed by atoms with van der Waals surface area (Å²) >= 11 is 1.90. The van der Waals surface area contributed by atoms with E-state index in [0.29, 0.717) is 81.7 Å². The Balaban J connectivity index is 0.691. The smallest absolute Gasteiger partial charge is 0.407 e. The summed E-state index contributed by atoms with van der Waals surface area (Å²) in [5.74, 6) is 7.25. The van der Waals surface area contributed by atoms with E-state index in [1.54, 1.807) is 11.0 Å². The lowest BCUT2D eigenvalue weighted by molar-refractivity contribution is -0.121. The van der Waals surface area contributed by atoms with Gasteiger partial charge in [0.05, 0.1) is 48.8 Å². The SMILES string of the molecule is O=C(CCCCC1SC[C@@H]2NC(=O)N[C@H]12)NCCCOCCOCCCNC(=O)OCc1ccc(C2=NOC(CN3C(=O)c4ccccc4C#Cc4ccccc43)C2)cc1. The number of benzene rings is 3. The number of urea groups is 1. The zero-order valence-corrected chi connectivity index (χ0v) is 34.4. The number of amides is 5. The number of nitrogens with zero attached hydrogens (tertiary/aromatic N) is 2. The Labute approximate surface area is 354 Å². The third-order valence-electron chi connectivity index (χ3n) is 10.7. The number of unbranched alkanes of at least 4 members (excludes halogenated alkanes) is 1. The van der Waals surface area contributed by atoms with Gasteiger partial charge in [0.2, 0.25) is 5.91 Å². The van der Waals surface area contributed by atoms with E-state index < -0.39 is 6.09 Å². The molecule has 316 valence electrons. The van der Waals surface area contributed by atoms with Crippen LogP contribution in [0, 0.1) is 11.8 Å². The highest BCUT2D eigenvalue weighted by atomic mass is 32.2. The standard InChI is InChI=1S/C45H52N6O8S/c52-41(14-6-5-13-40-42-38(30-60-40)48-44(54)49-42)46-21-7-23-56-25-26-57-24-8-22-47-45(55)58-29-31-15-17-33(18-16-31)37-27-35(59-50-37)28-51-39-12-4-2-10-34(39)20-19-32-9-1-3-11-36(32)43(51)53/h1-4,9-12,15-18,35,38,40,42H,5-8,13-14,21-30H2,(H,46,52)(H,47,55)(H2,48,49,54)/t35?,38-,40?,42-/m0/s1. The first-order chi connectivity index (χ1) is 29.4. The Morgan fingerprint density at radius 3 is 2.40 bits per heavy atom. The highest BCUT2D eigenvalue weighted by Crippen LogP contribution is 2.33. The number of hydrogen-bond acceptors (Lipinski definition) is 10. The summed E-state index contributed by atoms with van der Waals surface area (Å²) in [4.78, 5) is 57.2. The third-order valence-corrected chi connectivity index (χ3v) is 12.2. The summed E-state index contributed by atoms with van der Waals surface area (Å²) < 4.78 is 16.6. The second-order valence-corrected chi connectivity index (χ2v) is 16.3. The molecule has 4 N–H and O–H groups in total. The lowest BCUT2D eigenvalue weighted by Crippen LogP contribution is -2.39. The summed E-state index contributed by atoms with van der Waals surface area (Å²) in [5.41, 5.74) is 5.29. The predicted octanol–water partition coefficient (Wildman–Crippen LogP) is 5.12. The van der Waals surface area contributed by atoms with Gasteiger partial charge in [0, 0.05) is 61.3 Å². The van der Waals surface area contributed by atoms with Crippen LogP contribution < -0.4 is 26.2 Å². The van der Waals surface area contributed by atoms with Gasteiger partial charge in [0.25, 0.3) is 5.91 Å². The zero-order valence-electron chi connectivity index (χ0n) is 33.6. The summed E-state index contributed by atoms with van der Waals surface area (Å²) in [6.07, 6.45) is 4.38. The number of oxime groups is 1. The maximum Gasteiger partial charge on any atom is 0.407 e. The van der Waals surface area contributed by atoms with Crippen LogP contribution in [0.2, 0.25) is 0 Å². The first-order valence-corrected chi connectivity index (χ1v) is 21.8. The molecule has 4 aliphatic heterocycles. The number of anilines is 1. The molecule has 60 heavy (non-hydrogen) atoms. The van der Waals surface area contributed by atoms with Crippen molar-refractivity contribution < 1.29 is 38.2 Å². The molecular formula is C45H52N6O8S. The zero-order chi connectivity index (χ0) is 41.5. The minimum Gasteiger partial charge on any atom is -0.445 e. The summed E-state index contributed by atoms with van der Waals surface area (Å²) in [5, 5.41) is 16.4. The van der Waals surface area contributed by atoms with Gasteiger partial charge in [-0.25, -0.2) is 9.59 Å². The number of carbonyl (C=O) groups is 4. The van der Waals surface area contributed by atoms with Crippen molar-refractivity contribution in [1.82, 2.24) is 21.3 Å². The van der Waals surface area contributed by atoms with Crippen molar-refractivity contribution in [1.29, 1.82) is 0 Å². The van der Waals surface area contributed by atoms with Gasteiger partial charge in [0.1, 0.15) is 6.61 Å². The monoisotopic (exact) mass is 836 g/mol. The minimum atomic E-state index is -0.501. The predicted molar refractivity (Wildman–Crippen MR) is 229 cm³/mol. The molecule has 2 fully saturated rings. The van der Waals surface area contributed by atoms with Crippen molar-refractivity contribution in [3.63, 3.8) is 0 Å². The molecule has 7 rings (SSSR count). The van der Waals surface area contributed by atoms with Crippen molar-refractivity contribution in [3.8, 4) is 11.8 Å². The highest BCUT2D eigenvalue weighted by molar-refractivity contribution is 8.00. The van der Waals surface area contributed by atoms with Crippen LogP contribution in [-0.4, -0.2) is 105 Å². The number of ether oxygens (including phenoxy) is 3. The molecule has 0 radical (unpaired) electrons. The molecule has 5 amide bonds. The topological polar surface area (TPSA) is 169 Å². The fourth-order valence-corrected chi connectivity index (χ4v) is 9.05. The maximum absolute atomic E-state index is 13.8. The van der Waals surface area contributed by atoms with Crippen LogP contribution in [0.5, 0.6) is 0 Å². The second kappa shape index (κ2) is 21.6. The van der Waals surface area contributed by atoms with Gasteiger partial charge in [-0.05, 0) is 61.1 Å². The van der Waals surface area contributed by atoms with Crippen LogP contribution in [0.15, 0.2) is 78.0 Å². The van der Waals surface area contributed by atoms with E-state index in [1.165, 1.54) is 0 Å². The number of hydrogen-bond donors (Lipinski definition) is 4. The molecule has 0 aliphatic carbocycles. The highest BCUT2D eigenvalue weighted by Gasteiger charge is 2.42. The van der Waals surface area contributed by atoms with E-state index in [4.69, 9.17) is 19.0 Å². The number of carbonyl (C=O) groups excluding carboxylic acids is 4. The molecule has 4 atom stereocenters. The van der Waals surface area contributed by atoms with Crippen molar-refractivity contribution in [2.45, 2.75) is 75.0 Å². The first kappa shape index (κ1) is 42.6. The van der Waals surface area contributed by atoms with Crippen LogP contribution in [0.3, 0.4) is 0 Å². The van der Waals surface area contributed by atoms with Crippen LogP contribution >= 0.6 is 11.8 Å². The van der Waals surface area contributed by atoms with E-state index in [-0.39, 0.29) is 42.6 Å². The lowest BCUT2D eigenvalue weighted by atomic mass is 10.0. The third kappa shape index (κ3) is 11.8. The quantitative estimate of drug-likeness (QED) is 0.0647. The van der Waals surface area contributed by atoms with E-state index in [2.05, 4.69) is 38.3 Å². The largest absolute Gasteiger partial charge is 0.445 e. The van der Waals surface area contributed by atoms with Crippen molar-refractivity contribution in [3.05, 3.63) is 101 Å². The normalized spacial score (nSPS) is 19.9. The Kier molecular flexibility index (Phi) is 15.3. The van der Waals surface area contributed by atoms with Gasteiger partial charge in [-0.3, -0.25) is 9.59 Å². The maximum atomic E-state index is 13.8. The molecule has 4 heterocycles. The second-order valence-electron chi connectivity index (χ2n) is 15.0. The van der Waals surface area contributed by atoms with Gasteiger partial charge in [0.15, 0.2) is 6.10 Å². The van der Waals surface area contributed by atoms with Gasteiger partial charge in [-0.15, -0.1) is 0 Å². The lowest BCUT2D eigenvalue weighted by Gasteiger charge is -2.27. The number of fused-ring (bicyclic) bond motifs is 3. The molecule has 0 spiro atoms. The Morgan fingerprint density at radius 2 is 1.58 bits per heavy atom. The number of para-hydroxylation sites is 1. The van der Waals surface area contributed by atoms with E-state index in [0.717, 1.165) is 59.5 Å². The number of nitrogens with one attached hydrogen (secondary N) is 4.